The molecule has 2 aromatic rings. The van der Waals surface area contributed by atoms with Gasteiger partial charge in [-0.1, -0.05) is 43.3 Å². The van der Waals surface area contributed by atoms with Crippen molar-refractivity contribution in [1.82, 2.24) is 20.4 Å². The highest BCUT2D eigenvalue weighted by atomic mass is 16.5. The van der Waals surface area contributed by atoms with Gasteiger partial charge in [0.25, 0.3) is 0 Å². The molecule has 1 N–H and O–H groups in total. The third-order valence-electron chi connectivity index (χ3n) is 5.65. The lowest BCUT2D eigenvalue weighted by Crippen LogP contribution is -2.65. The highest BCUT2D eigenvalue weighted by Gasteiger charge is 2.45. The van der Waals surface area contributed by atoms with Crippen LogP contribution in [0.4, 0.5) is 0 Å². The topological polar surface area (TPSA) is 88.3 Å². The monoisotopic (exact) mass is 382 g/mol. The van der Waals surface area contributed by atoms with Gasteiger partial charge in [0, 0.05) is 0 Å². The molecule has 1 fully saturated rings. The Morgan fingerprint density at radius 3 is 2.46 bits per heavy atom. The predicted molar refractivity (Wildman–Crippen MR) is 102 cm³/mol. The molecule has 1 aliphatic heterocycles. The van der Waals surface area contributed by atoms with Gasteiger partial charge in [0.15, 0.2) is 5.82 Å². The van der Waals surface area contributed by atoms with Crippen molar-refractivity contribution in [3.8, 4) is 0 Å². The van der Waals surface area contributed by atoms with Gasteiger partial charge in [0.1, 0.15) is 18.6 Å². The summed E-state index contributed by atoms with van der Waals surface area (Å²) in [5.74, 6) is 1.09. The molecule has 2 atom stereocenters. The molecule has 1 aliphatic carbocycles. The van der Waals surface area contributed by atoms with Crippen molar-refractivity contribution in [2.75, 3.05) is 0 Å². The number of aryl methyl sites for hydroxylation is 1. The molecule has 1 saturated heterocycles. The van der Waals surface area contributed by atoms with Crippen LogP contribution in [0.15, 0.2) is 28.8 Å². The minimum Gasteiger partial charge on any atom is -0.342 e. The molecule has 4 rings (SSSR count). The highest BCUT2D eigenvalue weighted by molar-refractivity contribution is 5.97. The number of amides is 2. The second-order valence-corrected chi connectivity index (χ2v) is 8.27. The number of piperazine rings is 1. The molecule has 0 radical (unpaired) electrons. The highest BCUT2D eigenvalue weighted by Crippen LogP contribution is 2.32. The van der Waals surface area contributed by atoms with E-state index in [0.717, 1.165) is 12.8 Å². The van der Waals surface area contributed by atoms with Crippen molar-refractivity contribution in [3.63, 3.8) is 0 Å². The standard InChI is InChI=1S/C21H26N4O3/c1-12(2)8-17-20(26)23-19(16-9-14-6-4-5-7-15(14)10-16)21(27)25(17)11-18-22-13(3)24-28-18/h4-7,12,16-17,19H,8-11H2,1-3H3,(H,23,26)/t17-,19-/m1/s1. The van der Waals surface area contributed by atoms with E-state index in [9.17, 15) is 9.59 Å². The fourth-order valence-corrected chi connectivity index (χ4v) is 4.35. The molecule has 0 bridgehead atoms. The van der Waals surface area contributed by atoms with E-state index in [1.165, 1.54) is 11.1 Å². The van der Waals surface area contributed by atoms with Crippen LogP contribution in [-0.2, 0) is 29.0 Å². The number of aromatic nitrogens is 2. The Morgan fingerprint density at radius 1 is 1.21 bits per heavy atom. The molecule has 2 heterocycles. The number of hydrogen-bond donors (Lipinski definition) is 1. The average Bonchev–Trinajstić information content (AvgIpc) is 3.26. The molecule has 0 saturated carbocycles. The minimum absolute atomic E-state index is 0.0566. The van der Waals surface area contributed by atoms with Crippen molar-refractivity contribution < 1.29 is 14.1 Å². The van der Waals surface area contributed by atoms with Crippen molar-refractivity contribution in [2.45, 2.75) is 58.7 Å². The molecule has 148 valence electrons. The normalized spacial score (nSPS) is 22.6. The molecule has 7 heteroatoms. The first kappa shape index (κ1) is 18.7. The first-order chi connectivity index (χ1) is 13.4. The van der Waals surface area contributed by atoms with E-state index in [0.29, 0.717) is 18.1 Å². The van der Waals surface area contributed by atoms with Crippen molar-refractivity contribution in [3.05, 3.63) is 47.1 Å². The molecule has 7 nitrogen and oxygen atoms in total. The molecule has 2 amide bonds. The first-order valence-corrected chi connectivity index (χ1v) is 9.89. The zero-order valence-electron chi connectivity index (χ0n) is 16.5. The largest absolute Gasteiger partial charge is 0.342 e. The first-order valence-electron chi connectivity index (χ1n) is 9.89. The number of rotatable bonds is 5. The fraction of sp³-hybridized carbons (Fsp3) is 0.524. The maximum atomic E-state index is 13.4. The average molecular weight is 382 g/mol. The summed E-state index contributed by atoms with van der Waals surface area (Å²) in [4.78, 5) is 32.3. The summed E-state index contributed by atoms with van der Waals surface area (Å²) in [7, 11) is 0. The van der Waals surface area contributed by atoms with Crippen LogP contribution in [-0.4, -0.2) is 38.9 Å². The summed E-state index contributed by atoms with van der Waals surface area (Å²) in [6, 6.07) is 7.21. The van der Waals surface area contributed by atoms with Crippen molar-refractivity contribution >= 4 is 11.8 Å². The van der Waals surface area contributed by atoms with Crippen LogP contribution < -0.4 is 5.32 Å². The van der Waals surface area contributed by atoms with Crippen LogP contribution in [0.25, 0.3) is 0 Å². The van der Waals surface area contributed by atoms with Gasteiger partial charge in [-0.15, -0.1) is 0 Å². The molecule has 28 heavy (non-hydrogen) atoms. The van der Waals surface area contributed by atoms with Crippen LogP contribution in [0.2, 0.25) is 0 Å². The van der Waals surface area contributed by atoms with Gasteiger partial charge in [-0.2, -0.15) is 4.98 Å². The Balaban J connectivity index is 1.58. The number of nitrogens with zero attached hydrogens (tertiary/aromatic N) is 3. The Morgan fingerprint density at radius 2 is 1.89 bits per heavy atom. The van der Waals surface area contributed by atoms with Gasteiger partial charge in [-0.3, -0.25) is 9.59 Å². The molecular formula is C21H26N4O3. The zero-order valence-corrected chi connectivity index (χ0v) is 16.5. The quantitative estimate of drug-likeness (QED) is 0.855. The van der Waals surface area contributed by atoms with Gasteiger partial charge in [0.05, 0.1) is 0 Å². The second kappa shape index (κ2) is 7.37. The summed E-state index contributed by atoms with van der Waals surface area (Å²) in [6.07, 6.45) is 2.20. The minimum atomic E-state index is -0.521. The van der Waals surface area contributed by atoms with E-state index in [1.807, 2.05) is 26.0 Å². The Kier molecular flexibility index (Phi) is 4.91. The third kappa shape index (κ3) is 3.53. The van der Waals surface area contributed by atoms with E-state index in [4.69, 9.17) is 4.52 Å². The van der Waals surface area contributed by atoms with Crippen LogP contribution in [0.5, 0.6) is 0 Å². The van der Waals surface area contributed by atoms with E-state index < -0.39 is 12.1 Å². The molecule has 0 spiro atoms. The summed E-state index contributed by atoms with van der Waals surface area (Å²) >= 11 is 0. The lowest BCUT2D eigenvalue weighted by atomic mass is 9.90. The Hall–Kier alpha value is -2.70. The number of carbonyl (C=O) groups excluding carboxylic acids is 2. The third-order valence-corrected chi connectivity index (χ3v) is 5.65. The molecule has 1 aromatic carbocycles. The lowest BCUT2D eigenvalue weighted by Gasteiger charge is -2.40. The van der Waals surface area contributed by atoms with Gasteiger partial charge in [0.2, 0.25) is 17.7 Å². The second-order valence-electron chi connectivity index (χ2n) is 8.27. The summed E-state index contributed by atoms with van der Waals surface area (Å²) in [6.45, 7) is 6.00. The fourth-order valence-electron chi connectivity index (χ4n) is 4.35. The lowest BCUT2D eigenvalue weighted by molar-refractivity contribution is -0.152. The maximum Gasteiger partial charge on any atom is 0.246 e. The van der Waals surface area contributed by atoms with E-state index in [-0.39, 0.29) is 30.2 Å². The summed E-state index contributed by atoms with van der Waals surface area (Å²) in [5, 5.41) is 6.83. The van der Waals surface area contributed by atoms with E-state index >= 15 is 0 Å². The van der Waals surface area contributed by atoms with Gasteiger partial charge < -0.3 is 14.7 Å². The van der Waals surface area contributed by atoms with Crippen molar-refractivity contribution in [2.24, 2.45) is 11.8 Å². The zero-order chi connectivity index (χ0) is 19.8. The van der Waals surface area contributed by atoms with Crippen LogP contribution in [0, 0.1) is 18.8 Å². The van der Waals surface area contributed by atoms with Gasteiger partial charge >= 0.3 is 0 Å². The molecule has 1 aromatic heterocycles. The van der Waals surface area contributed by atoms with Crippen LogP contribution >= 0.6 is 0 Å². The number of fused-ring (bicyclic) bond motifs is 1. The molecule has 2 aliphatic rings. The Bertz CT molecular complexity index is 866. The number of carbonyl (C=O) groups is 2. The maximum absolute atomic E-state index is 13.4. The van der Waals surface area contributed by atoms with Gasteiger partial charge in [-0.05, 0) is 49.1 Å². The summed E-state index contributed by atoms with van der Waals surface area (Å²) in [5.41, 5.74) is 2.52. The van der Waals surface area contributed by atoms with Crippen molar-refractivity contribution in [1.29, 1.82) is 0 Å². The smallest absolute Gasteiger partial charge is 0.246 e. The van der Waals surface area contributed by atoms with E-state index in [2.05, 4.69) is 27.6 Å². The van der Waals surface area contributed by atoms with Gasteiger partial charge in [-0.25, -0.2) is 0 Å². The number of benzene rings is 1. The predicted octanol–water partition coefficient (Wildman–Crippen LogP) is 2.03. The van der Waals surface area contributed by atoms with E-state index in [1.54, 1.807) is 11.8 Å². The SMILES string of the molecule is Cc1noc(CN2C(=O)[C@@H](C3Cc4ccccc4C3)NC(=O)[C@H]2CC(C)C)n1. The molecule has 0 unspecified atom stereocenters. The molecular weight excluding hydrogens is 356 g/mol. The van der Waals surface area contributed by atoms with Crippen LogP contribution in [0.1, 0.15) is 43.1 Å². The summed E-state index contributed by atoms with van der Waals surface area (Å²) < 4.78 is 5.23. The number of hydrogen-bond acceptors (Lipinski definition) is 5. The Labute approximate surface area is 164 Å². The van der Waals surface area contributed by atoms with Crippen LogP contribution in [0.3, 0.4) is 0 Å². The number of nitrogens with one attached hydrogen (secondary N) is 1.